The Morgan fingerprint density at radius 2 is 1.94 bits per heavy atom. The van der Waals surface area contributed by atoms with Gasteiger partial charge in [-0.3, -0.25) is 0 Å². The van der Waals surface area contributed by atoms with Crippen molar-refractivity contribution in [3.8, 4) is 0 Å². The molecule has 1 aromatic carbocycles. The summed E-state index contributed by atoms with van der Waals surface area (Å²) in [4.78, 5) is 0. The number of aliphatic hydroxyl groups excluding tert-OH is 1. The third-order valence-electron chi connectivity index (χ3n) is 3.79. The van der Waals surface area contributed by atoms with Crippen LogP contribution < -0.4 is 0 Å². The van der Waals surface area contributed by atoms with Gasteiger partial charge in [0.25, 0.3) is 0 Å². The Bertz CT molecular complexity index is 543. The largest absolute Gasteiger partial charge is 0.388 e. The second-order valence-corrected chi connectivity index (χ2v) is 4.79. The monoisotopic (exact) mass is 243 g/mol. The highest BCUT2D eigenvalue weighted by atomic mass is 16.3. The molecule has 2 aromatic rings. The predicted molar refractivity (Wildman–Crippen MR) is 68.1 cm³/mol. The summed E-state index contributed by atoms with van der Waals surface area (Å²) in [7, 11) is 0. The van der Waals surface area contributed by atoms with Crippen molar-refractivity contribution in [1.82, 2.24) is 14.8 Å². The van der Waals surface area contributed by atoms with Crippen LogP contribution in [0.3, 0.4) is 0 Å². The fraction of sp³-hybridized carbons (Fsp3) is 0.429. The van der Waals surface area contributed by atoms with Gasteiger partial charge in [0.2, 0.25) is 0 Å². The molecule has 1 aromatic heterocycles. The first-order chi connectivity index (χ1) is 8.81. The van der Waals surface area contributed by atoms with E-state index < -0.39 is 0 Å². The zero-order valence-electron chi connectivity index (χ0n) is 10.5. The van der Waals surface area contributed by atoms with Crippen LogP contribution >= 0.6 is 0 Å². The van der Waals surface area contributed by atoms with Crippen LogP contribution in [0.4, 0.5) is 0 Å². The van der Waals surface area contributed by atoms with E-state index in [-0.39, 0.29) is 12.0 Å². The Morgan fingerprint density at radius 1 is 1.22 bits per heavy atom. The van der Waals surface area contributed by atoms with E-state index in [0.29, 0.717) is 5.82 Å². The van der Waals surface area contributed by atoms with E-state index >= 15 is 0 Å². The highest BCUT2D eigenvalue weighted by Crippen LogP contribution is 2.52. The summed E-state index contributed by atoms with van der Waals surface area (Å²) in [5, 5.41) is 17.7. The number of aliphatic hydroxyl groups is 1. The minimum Gasteiger partial charge on any atom is -0.388 e. The molecule has 0 atom stereocenters. The molecule has 0 saturated heterocycles. The van der Waals surface area contributed by atoms with Crippen molar-refractivity contribution < 1.29 is 5.11 Å². The van der Waals surface area contributed by atoms with Gasteiger partial charge in [-0.05, 0) is 25.3 Å². The third-order valence-corrected chi connectivity index (χ3v) is 3.79. The second-order valence-electron chi connectivity index (χ2n) is 4.79. The lowest BCUT2D eigenvalue weighted by Crippen LogP contribution is -2.17. The normalized spacial score (nSPS) is 16.8. The number of benzene rings is 1. The number of aromatic nitrogens is 3. The molecule has 94 valence electrons. The number of hydrogen-bond acceptors (Lipinski definition) is 3. The van der Waals surface area contributed by atoms with E-state index in [1.807, 2.05) is 10.6 Å². The van der Waals surface area contributed by atoms with Gasteiger partial charge in [0, 0.05) is 6.54 Å². The first-order valence-electron chi connectivity index (χ1n) is 6.41. The second kappa shape index (κ2) is 4.21. The number of nitrogens with zero attached hydrogens (tertiary/aromatic N) is 3. The Morgan fingerprint density at radius 3 is 2.50 bits per heavy atom. The quantitative estimate of drug-likeness (QED) is 0.892. The van der Waals surface area contributed by atoms with Crippen molar-refractivity contribution in [2.45, 2.75) is 38.3 Å². The van der Waals surface area contributed by atoms with Crippen LogP contribution in [0.1, 0.15) is 37.0 Å². The summed E-state index contributed by atoms with van der Waals surface area (Å²) in [5.41, 5.74) is 1.33. The van der Waals surface area contributed by atoms with E-state index in [0.717, 1.165) is 25.2 Å². The van der Waals surface area contributed by atoms with Crippen LogP contribution in [-0.4, -0.2) is 19.9 Å². The fourth-order valence-corrected chi connectivity index (χ4v) is 2.66. The molecule has 1 aliphatic rings. The molecule has 0 spiro atoms. The Balaban J connectivity index is 2.08. The van der Waals surface area contributed by atoms with Crippen LogP contribution in [-0.2, 0) is 18.6 Å². The topological polar surface area (TPSA) is 50.9 Å². The molecule has 4 nitrogen and oxygen atoms in total. The van der Waals surface area contributed by atoms with Crippen molar-refractivity contribution in [3.63, 3.8) is 0 Å². The molecule has 1 aliphatic carbocycles. The van der Waals surface area contributed by atoms with Gasteiger partial charge < -0.3 is 9.67 Å². The van der Waals surface area contributed by atoms with E-state index in [2.05, 4.69) is 41.4 Å². The van der Waals surface area contributed by atoms with Gasteiger partial charge in [0.05, 0.1) is 5.41 Å². The third kappa shape index (κ3) is 1.56. The van der Waals surface area contributed by atoms with Crippen LogP contribution in [0, 0.1) is 0 Å². The van der Waals surface area contributed by atoms with Crippen molar-refractivity contribution in [2.75, 3.05) is 0 Å². The summed E-state index contributed by atoms with van der Waals surface area (Å²) < 4.78 is 2.04. The van der Waals surface area contributed by atoms with Crippen molar-refractivity contribution in [3.05, 3.63) is 47.5 Å². The molecule has 1 N–H and O–H groups in total. The molecule has 0 unspecified atom stereocenters. The molecule has 1 saturated carbocycles. The first kappa shape index (κ1) is 11.4. The van der Waals surface area contributed by atoms with Crippen molar-refractivity contribution in [1.29, 1.82) is 0 Å². The van der Waals surface area contributed by atoms with Gasteiger partial charge in [0.15, 0.2) is 5.82 Å². The summed E-state index contributed by atoms with van der Waals surface area (Å²) in [5.74, 6) is 1.66. The van der Waals surface area contributed by atoms with E-state index in [4.69, 9.17) is 0 Å². The Kier molecular flexibility index (Phi) is 2.67. The van der Waals surface area contributed by atoms with E-state index in [1.165, 1.54) is 5.56 Å². The molecule has 1 fully saturated rings. The molecule has 0 amide bonds. The molecule has 4 heteroatoms. The minimum atomic E-state index is -0.0499. The van der Waals surface area contributed by atoms with E-state index in [9.17, 15) is 5.11 Å². The Labute approximate surface area is 106 Å². The fourth-order valence-electron chi connectivity index (χ4n) is 2.66. The van der Waals surface area contributed by atoms with Gasteiger partial charge in [0.1, 0.15) is 12.4 Å². The molecule has 1 heterocycles. The lowest BCUT2D eigenvalue weighted by Gasteiger charge is -2.16. The average Bonchev–Trinajstić information content (AvgIpc) is 3.13. The summed E-state index contributed by atoms with van der Waals surface area (Å²) in [6.45, 7) is 2.81. The lowest BCUT2D eigenvalue weighted by molar-refractivity contribution is 0.264. The predicted octanol–water partition coefficient (Wildman–Crippen LogP) is 1.87. The minimum absolute atomic E-state index is 0.0255. The van der Waals surface area contributed by atoms with E-state index in [1.54, 1.807) is 0 Å². The van der Waals surface area contributed by atoms with Crippen LogP contribution in [0.25, 0.3) is 0 Å². The smallest absolute Gasteiger partial charge is 0.158 e. The zero-order chi connectivity index (χ0) is 12.6. The summed E-state index contributed by atoms with van der Waals surface area (Å²) in [6.07, 6.45) is 2.22. The average molecular weight is 243 g/mol. The van der Waals surface area contributed by atoms with Gasteiger partial charge in [-0.1, -0.05) is 30.3 Å². The number of rotatable bonds is 4. The maximum atomic E-state index is 9.30. The van der Waals surface area contributed by atoms with Crippen LogP contribution in [0.15, 0.2) is 30.3 Å². The Hall–Kier alpha value is -1.68. The van der Waals surface area contributed by atoms with Gasteiger partial charge in [-0.2, -0.15) is 0 Å². The van der Waals surface area contributed by atoms with Crippen LogP contribution in [0.2, 0.25) is 0 Å². The van der Waals surface area contributed by atoms with Gasteiger partial charge in [-0.25, -0.2) is 0 Å². The van der Waals surface area contributed by atoms with Crippen molar-refractivity contribution in [2.24, 2.45) is 0 Å². The highest BCUT2D eigenvalue weighted by Gasteiger charge is 2.49. The molecule has 3 rings (SSSR count). The maximum absolute atomic E-state index is 9.30. The maximum Gasteiger partial charge on any atom is 0.158 e. The zero-order valence-corrected chi connectivity index (χ0v) is 10.5. The highest BCUT2D eigenvalue weighted by molar-refractivity contribution is 5.39. The van der Waals surface area contributed by atoms with Gasteiger partial charge >= 0.3 is 0 Å². The summed E-state index contributed by atoms with van der Waals surface area (Å²) in [6, 6.07) is 10.5. The number of hydrogen-bond donors (Lipinski definition) is 1. The molecule has 0 aliphatic heterocycles. The molecule has 0 radical (unpaired) electrons. The van der Waals surface area contributed by atoms with Crippen molar-refractivity contribution >= 4 is 0 Å². The van der Waals surface area contributed by atoms with Gasteiger partial charge in [-0.15, -0.1) is 10.2 Å². The molecule has 18 heavy (non-hydrogen) atoms. The molecule has 0 bridgehead atoms. The lowest BCUT2D eigenvalue weighted by atomic mass is 9.95. The van der Waals surface area contributed by atoms with Crippen LogP contribution in [0.5, 0.6) is 0 Å². The molecular weight excluding hydrogens is 226 g/mol. The molecular formula is C14H17N3O. The summed E-state index contributed by atoms with van der Waals surface area (Å²) >= 11 is 0. The first-order valence-corrected chi connectivity index (χ1v) is 6.41. The standard InChI is InChI=1S/C14H17N3O/c1-2-17-12(10-18)15-16-13(17)14(8-9-14)11-6-4-3-5-7-11/h3-7,18H,2,8-10H2,1H3. The SMILES string of the molecule is CCn1c(CO)nnc1C1(c2ccccc2)CC1.